The van der Waals surface area contributed by atoms with Crippen LogP contribution in [0.4, 0.5) is 5.69 Å². The number of amides is 1. The van der Waals surface area contributed by atoms with Crippen molar-refractivity contribution in [1.29, 1.82) is 0 Å². The summed E-state index contributed by atoms with van der Waals surface area (Å²) in [5, 5.41) is 0. The first kappa shape index (κ1) is 20.0. The summed E-state index contributed by atoms with van der Waals surface area (Å²) in [5.41, 5.74) is 6.88. The number of nitrogens with two attached hydrogens (primary N) is 1. The van der Waals surface area contributed by atoms with E-state index in [9.17, 15) is 13.2 Å². The number of sulfonamides is 1. The zero-order valence-corrected chi connectivity index (χ0v) is 16.7. The Morgan fingerprint density at radius 2 is 1.79 bits per heavy atom. The van der Waals surface area contributed by atoms with Gasteiger partial charge in [0, 0.05) is 6.07 Å². The zero-order valence-electron chi connectivity index (χ0n) is 15.9. The van der Waals surface area contributed by atoms with Crippen LogP contribution in [0.25, 0.3) is 0 Å². The molecule has 0 saturated heterocycles. The number of rotatable bonds is 7. The quantitative estimate of drug-likeness (QED) is 0.764. The van der Waals surface area contributed by atoms with Gasteiger partial charge in [-0.05, 0) is 50.5 Å². The van der Waals surface area contributed by atoms with Crippen LogP contribution in [0.5, 0.6) is 11.5 Å². The van der Waals surface area contributed by atoms with E-state index in [-0.39, 0.29) is 4.90 Å². The Kier molecular flexibility index (Phi) is 5.79. The van der Waals surface area contributed by atoms with Crippen LogP contribution >= 0.6 is 0 Å². The number of carbonyl (C=O) groups excluding carboxylic acids is 1. The number of nitrogens with zero attached hydrogens (tertiary/aromatic N) is 1. The molecule has 8 heteroatoms. The first-order valence-corrected chi connectivity index (χ1v) is 10.7. The zero-order chi connectivity index (χ0) is 20.3. The third-order valence-electron chi connectivity index (χ3n) is 4.60. The van der Waals surface area contributed by atoms with E-state index in [1.165, 1.54) is 12.1 Å². The molecule has 1 atom stereocenters. The van der Waals surface area contributed by atoms with Crippen molar-refractivity contribution < 1.29 is 22.7 Å². The van der Waals surface area contributed by atoms with E-state index in [4.69, 9.17) is 15.2 Å². The van der Waals surface area contributed by atoms with Crippen LogP contribution in [0, 0.1) is 0 Å². The second kappa shape index (κ2) is 8.10. The summed E-state index contributed by atoms with van der Waals surface area (Å²) in [6.45, 7) is 4.43. The molecule has 2 aromatic carbocycles. The Bertz CT molecular complexity index is 974. The molecule has 1 heterocycles. The lowest BCUT2D eigenvalue weighted by Crippen LogP contribution is -2.50. The number of hydrogen-bond acceptors (Lipinski definition) is 5. The van der Waals surface area contributed by atoms with E-state index < -0.39 is 22.0 Å². The molecule has 3 rings (SSSR count). The molecule has 28 heavy (non-hydrogen) atoms. The maximum absolute atomic E-state index is 13.5. The molecule has 7 nitrogen and oxygen atoms in total. The number of para-hydroxylation sites is 1. The van der Waals surface area contributed by atoms with Gasteiger partial charge in [-0.25, -0.2) is 8.42 Å². The third kappa shape index (κ3) is 3.64. The summed E-state index contributed by atoms with van der Waals surface area (Å²) >= 11 is 0. The summed E-state index contributed by atoms with van der Waals surface area (Å²) in [7, 11) is -4.05. The van der Waals surface area contributed by atoms with E-state index in [0.29, 0.717) is 43.2 Å². The van der Waals surface area contributed by atoms with Crippen molar-refractivity contribution in [2.24, 2.45) is 5.73 Å². The second-order valence-electron chi connectivity index (χ2n) is 6.36. The highest BCUT2D eigenvalue weighted by molar-refractivity contribution is 7.93. The van der Waals surface area contributed by atoms with Gasteiger partial charge >= 0.3 is 0 Å². The number of primary amides is 1. The van der Waals surface area contributed by atoms with Gasteiger partial charge in [0.25, 0.3) is 10.0 Å². The predicted octanol–water partition coefficient (Wildman–Crippen LogP) is 2.48. The molecule has 150 valence electrons. The standard InChI is InChI=1S/C20H24N2O5S/c1-3-26-18-12-10-15(13-19(18)27-4-2)28(24,25)22-16-8-6-5-7-14(16)9-11-17(22)20(21)23/h5-8,10,12-13,17H,3-4,9,11H2,1-2H3,(H2,21,23). The summed E-state index contributed by atoms with van der Waals surface area (Å²) in [6, 6.07) is 10.7. The Morgan fingerprint density at radius 3 is 2.46 bits per heavy atom. The first-order chi connectivity index (χ1) is 13.4. The number of hydrogen-bond donors (Lipinski definition) is 1. The fraction of sp³-hybridized carbons (Fsp3) is 0.350. The lowest BCUT2D eigenvalue weighted by Gasteiger charge is -2.36. The Hall–Kier alpha value is -2.74. The molecule has 0 bridgehead atoms. The van der Waals surface area contributed by atoms with Crippen LogP contribution in [0.1, 0.15) is 25.8 Å². The molecule has 0 fully saturated rings. The van der Waals surface area contributed by atoms with Gasteiger partial charge in [-0.15, -0.1) is 0 Å². The lowest BCUT2D eigenvalue weighted by molar-refractivity contribution is -0.119. The van der Waals surface area contributed by atoms with Gasteiger partial charge in [0.15, 0.2) is 11.5 Å². The molecule has 0 saturated carbocycles. The van der Waals surface area contributed by atoms with Crippen molar-refractivity contribution in [3.63, 3.8) is 0 Å². The van der Waals surface area contributed by atoms with E-state index in [0.717, 1.165) is 9.87 Å². The highest BCUT2D eigenvalue weighted by Crippen LogP contribution is 2.37. The van der Waals surface area contributed by atoms with Crippen molar-refractivity contribution in [3.05, 3.63) is 48.0 Å². The highest BCUT2D eigenvalue weighted by atomic mass is 32.2. The fourth-order valence-electron chi connectivity index (χ4n) is 3.37. The molecular weight excluding hydrogens is 380 g/mol. The molecule has 0 radical (unpaired) electrons. The Labute approximate surface area is 165 Å². The van der Waals surface area contributed by atoms with E-state index in [2.05, 4.69) is 0 Å². The number of ether oxygens (including phenoxy) is 2. The Morgan fingerprint density at radius 1 is 1.11 bits per heavy atom. The number of anilines is 1. The van der Waals surface area contributed by atoms with Gasteiger partial charge in [-0.3, -0.25) is 9.10 Å². The average Bonchev–Trinajstić information content (AvgIpc) is 2.68. The molecule has 0 spiro atoms. The van der Waals surface area contributed by atoms with Crippen molar-refractivity contribution in [2.45, 2.75) is 37.6 Å². The maximum Gasteiger partial charge on any atom is 0.265 e. The van der Waals surface area contributed by atoms with E-state index in [1.807, 2.05) is 19.1 Å². The third-order valence-corrected chi connectivity index (χ3v) is 6.42. The minimum Gasteiger partial charge on any atom is -0.490 e. The van der Waals surface area contributed by atoms with Gasteiger partial charge in [0.05, 0.1) is 23.8 Å². The van der Waals surface area contributed by atoms with Gasteiger partial charge < -0.3 is 15.2 Å². The van der Waals surface area contributed by atoms with Crippen LogP contribution in [-0.2, 0) is 21.2 Å². The van der Waals surface area contributed by atoms with Gasteiger partial charge in [-0.2, -0.15) is 0 Å². The normalized spacial score (nSPS) is 16.4. The maximum atomic E-state index is 13.5. The van der Waals surface area contributed by atoms with Crippen LogP contribution in [0.2, 0.25) is 0 Å². The minimum absolute atomic E-state index is 0.0161. The molecule has 1 aliphatic heterocycles. The summed E-state index contributed by atoms with van der Waals surface area (Å²) in [6.07, 6.45) is 0.921. The fourth-order valence-corrected chi connectivity index (χ4v) is 5.08. The van der Waals surface area contributed by atoms with Crippen molar-refractivity contribution in [3.8, 4) is 11.5 Å². The molecule has 1 unspecified atom stereocenters. The van der Waals surface area contributed by atoms with Crippen LogP contribution in [-0.4, -0.2) is 33.6 Å². The first-order valence-electron chi connectivity index (χ1n) is 9.21. The van der Waals surface area contributed by atoms with Crippen molar-refractivity contribution in [1.82, 2.24) is 0 Å². The Balaban J connectivity index is 2.12. The number of carbonyl (C=O) groups is 1. The molecule has 1 aliphatic rings. The lowest BCUT2D eigenvalue weighted by atomic mass is 9.98. The smallest absolute Gasteiger partial charge is 0.265 e. The molecule has 0 aromatic heterocycles. The number of aryl methyl sites for hydroxylation is 1. The van der Waals surface area contributed by atoms with Gasteiger partial charge in [-0.1, -0.05) is 18.2 Å². The monoisotopic (exact) mass is 404 g/mol. The second-order valence-corrected chi connectivity index (χ2v) is 8.18. The SMILES string of the molecule is CCOc1ccc(S(=O)(=O)N2c3ccccc3CCC2C(N)=O)cc1OCC. The predicted molar refractivity (Wildman–Crippen MR) is 106 cm³/mol. The summed E-state index contributed by atoms with van der Waals surface area (Å²) in [4.78, 5) is 12.0. The largest absolute Gasteiger partial charge is 0.490 e. The average molecular weight is 404 g/mol. The van der Waals surface area contributed by atoms with Crippen LogP contribution in [0.15, 0.2) is 47.4 Å². The number of fused-ring (bicyclic) bond motifs is 1. The molecule has 0 aliphatic carbocycles. The number of benzene rings is 2. The van der Waals surface area contributed by atoms with Gasteiger partial charge in [0.2, 0.25) is 5.91 Å². The van der Waals surface area contributed by atoms with Crippen molar-refractivity contribution in [2.75, 3.05) is 17.5 Å². The van der Waals surface area contributed by atoms with Crippen LogP contribution in [0.3, 0.4) is 0 Å². The molecule has 1 amide bonds. The summed E-state index contributed by atoms with van der Waals surface area (Å²) < 4.78 is 39.2. The summed E-state index contributed by atoms with van der Waals surface area (Å²) in [5.74, 6) is 0.134. The van der Waals surface area contributed by atoms with E-state index in [1.54, 1.807) is 25.1 Å². The topological polar surface area (TPSA) is 98.9 Å². The molecule has 2 N–H and O–H groups in total. The van der Waals surface area contributed by atoms with Crippen molar-refractivity contribution >= 4 is 21.6 Å². The van der Waals surface area contributed by atoms with E-state index >= 15 is 0 Å². The molecular formula is C20H24N2O5S. The van der Waals surface area contributed by atoms with Crippen LogP contribution < -0.4 is 19.5 Å². The van der Waals surface area contributed by atoms with Gasteiger partial charge in [0.1, 0.15) is 6.04 Å². The molecule has 2 aromatic rings. The minimum atomic E-state index is -4.05. The highest BCUT2D eigenvalue weighted by Gasteiger charge is 2.39.